The first kappa shape index (κ1) is 10.7. The summed E-state index contributed by atoms with van der Waals surface area (Å²) in [6.45, 7) is 3.80. The van der Waals surface area contributed by atoms with Gasteiger partial charge in [0.05, 0.1) is 5.57 Å². The Morgan fingerprint density at radius 2 is 2.38 bits per heavy atom. The molecule has 4 heteroatoms. The lowest BCUT2D eigenvalue weighted by Gasteiger charge is -2.00. The molecule has 1 aliphatic heterocycles. The quantitative estimate of drug-likeness (QED) is 0.609. The number of carbonyl (C=O) groups is 1. The summed E-state index contributed by atoms with van der Waals surface area (Å²) < 4.78 is 5.02. The van der Waals surface area contributed by atoms with Crippen LogP contribution in [-0.2, 0) is 9.53 Å². The molecule has 2 heterocycles. The van der Waals surface area contributed by atoms with Crippen LogP contribution in [0.4, 0.5) is 5.82 Å². The number of pyridine rings is 1. The van der Waals surface area contributed by atoms with Gasteiger partial charge in [-0.05, 0) is 26.0 Å². The van der Waals surface area contributed by atoms with E-state index in [4.69, 9.17) is 4.74 Å². The average molecular weight is 218 g/mol. The Morgan fingerprint density at radius 3 is 3.00 bits per heavy atom. The van der Waals surface area contributed by atoms with Gasteiger partial charge in [-0.25, -0.2) is 9.78 Å². The zero-order valence-corrected chi connectivity index (χ0v) is 9.36. The van der Waals surface area contributed by atoms with Crippen LogP contribution in [0, 0.1) is 6.92 Å². The van der Waals surface area contributed by atoms with Crippen molar-refractivity contribution in [3.05, 3.63) is 35.7 Å². The third-order valence-electron chi connectivity index (χ3n) is 2.36. The Morgan fingerprint density at radius 1 is 1.56 bits per heavy atom. The molecule has 0 radical (unpaired) electrons. The van der Waals surface area contributed by atoms with Gasteiger partial charge >= 0.3 is 5.97 Å². The molecule has 1 saturated heterocycles. The summed E-state index contributed by atoms with van der Waals surface area (Å²) in [7, 11) is 0. The molecule has 1 N–H and O–H groups in total. The van der Waals surface area contributed by atoms with Crippen molar-refractivity contribution in [1.29, 1.82) is 0 Å². The van der Waals surface area contributed by atoms with Gasteiger partial charge in [0, 0.05) is 18.3 Å². The number of aromatic nitrogens is 1. The van der Waals surface area contributed by atoms with Crippen molar-refractivity contribution in [1.82, 2.24) is 4.98 Å². The van der Waals surface area contributed by atoms with E-state index in [-0.39, 0.29) is 12.1 Å². The SMILES string of the molecule is Cc1cccc(N/C=C2\C[C@H](C)OC2=O)n1. The summed E-state index contributed by atoms with van der Waals surface area (Å²) >= 11 is 0. The first-order valence-corrected chi connectivity index (χ1v) is 5.25. The molecular weight excluding hydrogens is 204 g/mol. The zero-order valence-electron chi connectivity index (χ0n) is 9.36. The molecule has 1 fully saturated rings. The molecule has 0 aromatic carbocycles. The maximum Gasteiger partial charge on any atom is 0.335 e. The highest BCUT2D eigenvalue weighted by Crippen LogP contribution is 2.19. The van der Waals surface area contributed by atoms with Crippen LogP contribution in [-0.4, -0.2) is 17.1 Å². The van der Waals surface area contributed by atoms with E-state index in [0.717, 1.165) is 11.5 Å². The fourth-order valence-corrected chi connectivity index (χ4v) is 1.60. The molecule has 0 unspecified atom stereocenters. The molecule has 1 atom stereocenters. The number of hydrogen-bond donors (Lipinski definition) is 1. The van der Waals surface area contributed by atoms with E-state index in [0.29, 0.717) is 12.0 Å². The molecule has 0 spiro atoms. The van der Waals surface area contributed by atoms with E-state index in [1.165, 1.54) is 0 Å². The molecule has 1 aliphatic rings. The highest BCUT2D eigenvalue weighted by atomic mass is 16.5. The topological polar surface area (TPSA) is 51.2 Å². The van der Waals surface area contributed by atoms with Crippen LogP contribution in [0.2, 0.25) is 0 Å². The van der Waals surface area contributed by atoms with Crippen LogP contribution >= 0.6 is 0 Å². The van der Waals surface area contributed by atoms with Gasteiger partial charge in [-0.15, -0.1) is 0 Å². The maximum absolute atomic E-state index is 11.3. The van der Waals surface area contributed by atoms with Gasteiger partial charge in [-0.2, -0.15) is 0 Å². The van der Waals surface area contributed by atoms with E-state index >= 15 is 0 Å². The van der Waals surface area contributed by atoms with Crippen molar-refractivity contribution in [2.24, 2.45) is 0 Å². The van der Waals surface area contributed by atoms with Crippen LogP contribution in [0.25, 0.3) is 0 Å². The van der Waals surface area contributed by atoms with Crippen LogP contribution in [0.5, 0.6) is 0 Å². The van der Waals surface area contributed by atoms with Crippen LogP contribution in [0.15, 0.2) is 30.0 Å². The molecule has 2 rings (SSSR count). The van der Waals surface area contributed by atoms with Gasteiger partial charge < -0.3 is 10.1 Å². The summed E-state index contributed by atoms with van der Waals surface area (Å²) in [5, 5.41) is 3.00. The van der Waals surface area contributed by atoms with E-state index in [1.807, 2.05) is 32.0 Å². The van der Waals surface area contributed by atoms with Crippen molar-refractivity contribution >= 4 is 11.8 Å². The van der Waals surface area contributed by atoms with Gasteiger partial charge in [0.1, 0.15) is 11.9 Å². The van der Waals surface area contributed by atoms with Crippen LogP contribution in [0.3, 0.4) is 0 Å². The Kier molecular flexibility index (Phi) is 2.90. The first-order valence-electron chi connectivity index (χ1n) is 5.25. The number of carbonyl (C=O) groups excluding carboxylic acids is 1. The molecule has 0 amide bonds. The van der Waals surface area contributed by atoms with Crippen LogP contribution < -0.4 is 5.32 Å². The molecule has 1 aromatic rings. The van der Waals surface area contributed by atoms with Gasteiger partial charge in [0.15, 0.2) is 0 Å². The molecule has 0 saturated carbocycles. The largest absolute Gasteiger partial charge is 0.459 e. The summed E-state index contributed by atoms with van der Waals surface area (Å²) in [5.41, 5.74) is 1.60. The lowest BCUT2D eigenvalue weighted by atomic mass is 10.2. The second kappa shape index (κ2) is 4.35. The van der Waals surface area contributed by atoms with Crippen molar-refractivity contribution in [3.8, 4) is 0 Å². The van der Waals surface area contributed by atoms with E-state index in [2.05, 4.69) is 10.3 Å². The summed E-state index contributed by atoms with van der Waals surface area (Å²) in [5.74, 6) is 0.493. The number of nitrogens with zero attached hydrogens (tertiary/aromatic N) is 1. The maximum atomic E-state index is 11.3. The number of anilines is 1. The van der Waals surface area contributed by atoms with Gasteiger partial charge in [-0.3, -0.25) is 0 Å². The van der Waals surface area contributed by atoms with Crippen LogP contribution in [0.1, 0.15) is 19.0 Å². The number of esters is 1. The highest BCUT2D eigenvalue weighted by molar-refractivity contribution is 5.90. The summed E-state index contributed by atoms with van der Waals surface area (Å²) in [6.07, 6.45) is 2.30. The number of ether oxygens (including phenoxy) is 1. The predicted molar refractivity (Wildman–Crippen MR) is 60.9 cm³/mol. The monoisotopic (exact) mass is 218 g/mol. The smallest absolute Gasteiger partial charge is 0.335 e. The Balaban J connectivity index is 2.06. The van der Waals surface area contributed by atoms with E-state index in [9.17, 15) is 4.79 Å². The molecule has 0 bridgehead atoms. The lowest BCUT2D eigenvalue weighted by molar-refractivity contribution is -0.138. The number of aryl methyl sites for hydroxylation is 1. The molecule has 4 nitrogen and oxygen atoms in total. The van der Waals surface area contributed by atoms with E-state index < -0.39 is 0 Å². The third-order valence-corrected chi connectivity index (χ3v) is 2.36. The van der Waals surface area contributed by atoms with E-state index in [1.54, 1.807) is 6.20 Å². The van der Waals surface area contributed by atoms with Crippen molar-refractivity contribution in [2.75, 3.05) is 5.32 Å². The first-order chi connectivity index (χ1) is 7.65. The molecule has 1 aromatic heterocycles. The van der Waals surface area contributed by atoms with Crippen molar-refractivity contribution < 1.29 is 9.53 Å². The zero-order chi connectivity index (χ0) is 11.5. The minimum Gasteiger partial charge on any atom is -0.459 e. The van der Waals surface area contributed by atoms with Crippen molar-refractivity contribution in [2.45, 2.75) is 26.4 Å². The van der Waals surface area contributed by atoms with Crippen molar-refractivity contribution in [3.63, 3.8) is 0 Å². The number of cyclic esters (lactones) is 1. The fraction of sp³-hybridized carbons (Fsp3) is 0.333. The molecule has 84 valence electrons. The van der Waals surface area contributed by atoms with Gasteiger partial charge in [0.25, 0.3) is 0 Å². The Labute approximate surface area is 94.3 Å². The fourth-order valence-electron chi connectivity index (χ4n) is 1.60. The molecule has 16 heavy (non-hydrogen) atoms. The minimum absolute atomic E-state index is 0.0222. The third kappa shape index (κ3) is 2.39. The number of rotatable bonds is 2. The second-order valence-corrected chi connectivity index (χ2v) is 3.90. The predicted octanol–water partition coefficient (Wildman–Crippen LogP) is 2.02. The summed E-state index contributed by atoms with van der Waals surface area (Å²) in [6, 6.07) is 5.69. The number of nitrogens with one attached hydrogen (secondary N) is 1. The second-order valence-electron chi connectivity index (χ2n) is 3.90. The van der Waals surface area contributed by atoms with Gasteiger partial charge in [-0.1, -0.05) is 6.07 Å². The summed E-state index contributed by atoms with van der Waals surface area (Å²) in [4.78, 5) is 15.6. The molecular formula is C12H14N2O2. The molecule has 0 aliphatic carbocycles. The lowest BCUT2D eigenvalue weighted by Crippen LogP contribution is -2.01. The van der Waals surface area contributed by atoms with Gasteiger partial charge in [0.2, 0.25) is 0 Å². The highest BCUT2D eigenvalue weighted by Gasteiger charge is 2.25. The minimum atomic E-state index is -0.243. The Hall–Kier alpha value is -1.84. The number of hydrogen-bond acceptors (Lipinski definition) is 4. The standard InChI is InChI=1S/C12H14N2O2/c1-8-4-3-5-11(14-8)13-7-10-6-9(2)16-12(10)15/h3-5,7,9H,6H2,1-2H3,(H,13,14)/b10-7+/t9-/m0/s1. The average Bonchev–Trinajstić information content (AvgIpc) is 2.54. The normalized spacial score (nSPS) is 22.2. The Bertz CT molecular complexity index is 440.